The average molecular weight is 300 g/mol. The lowest BCUT2D eigenvalue weighted by Gasteiger charge is -2.26. The number of quaternary nitrogens is 1. The van der Waals surface area contributed by atoms with Crippen molar-refractivity contribution in [2.24, 2.45) is 0 Å². The van der Waals surface area contributed by atoms with Crippen molar-refractivity contribution in [1.29, 1.82) is 0 Å². The summed E-state index contributed by atoms with van der Waals surface area (Å²) in [6, 6.07) is 0.229. The van der Waals surface area contributed by atoms with E-state index in [2.05, 4.69) is 6.92 Å². The number of hydroxylamine groups is 2. The number of hydrogen-bond donors (Lipinski definition) is 1. The third-order valence-electron chi connectivity index (χ3n) is 4.42. The van der Waals surface area contributed by atoms with E-state index in [1.54, 1.807) is 0 Å². The fourth-order valence-corrected chi connectivity index (χ4v) is 2.78. The number of unbranched alkanes of at least 4 members (excludes halogenated alkanes) is 13. The van der Waals surface area contributed by atoms with Gasteiger partial charge in [-0.15, -0.1) is 0 Å². The van der Waals surface area contributed by atoms with Crippen LogP contribution in [0.2, 0.25) is 0 Å². The van der Waals surface area contributed by atoms with Gasteiger partial charge in [-0.05, 0) is 26.7 Å². The predicted molar refractivity (Wildman–Crippen MR) is 94.6 cm³/mol. The molecule has 0 heterocycles. The van der Waals surface area contributed by atoms with Crippen molar-refractivity contribution in [3.63, 3.8) is 0 Å². The zero-order valence-corrected chi connectivity index (χ0v) is 15.1. The molecule has 0 saturated carbocycles. The Balaban J connectivity index is 3.03. The van der Waals surface area contributed by atoms with Crippen molar-refractivity contribution in [2.45, 2.75) is 117 Å². The molecular formula is C19H41NO. The smallest absolute Gasteiger partial charge is 0.0814 e. The minimum atomic E-state index is 0.229. The molecular weight excluding hydrogens is 258 g/mol. The molecule has 2 nitrogen and oxygen atoms in total. The molecule has 0 aliphatic heterocycles. The highest BCUT2D eigenvalue weighted by molar-refractivity contribution is 4.49. The summed E-state index contributed by atoms with van der Waals surface area (Å²) in [5, 5.41) is 11.9. The zero-order valence-electron chi connectivity index (χ0n) is 15.1. The van der Waals surface area contributed by atoms with Gasteiger partial charge in [0.05, 0.1) is 12.6 Å². The third-order valence-corrected chi connectivity index (χ3v) is 4.42. The minimum absolute atomic E-state index is 0.229. The van der Waals surface area contributed by atoms with Gasteiger partial charge >= 0.3 is 0 Å². The van der Waals surface area contributed by atoms with E-state index in [1.165, 1.54) is 83.5 Å². The number of hydrogen-bond acceptors (Lipinski definition) is 1. The lowest BCUT2D eigenvalue weighted by molar-refractivity contribution is -0.871. The Bertz CT molecular complexity index is 194. The molecule has 0 aliphatic carbocycles. The second-order valence-electron chi connectivity index (χ2n) is 6.97. The van der Waals surface area contributed by atoms with E-state index in [-0.39, 0.29) is 6.04 Å². The zero-order chi connectivity index (χ0) is 15.8. The van der Waals surface area contributed by atoms with Crippen LogP contribution in [0.5, 0.6) is 0 Å². The Kier molecular flexibility index (Phi) is 16.2. The van der Waals surface area contributed by atoms with E-state index in [4.69, 9.17) is 0 Å². The van der Waals surface area contributed by atoms with Gasteiger partial charge in [-0.2, -0.15) is 0 Å². The molecule has 21 heavy (non-hydrogen) atoms. The summed E-state index contributed by atoms with van der Waals surface area (Å²) >= 11 is 0. The molecule has 128 valence electrons. The summed E-state index contributed by atoms with van der Waals surface area (Å²) in [6.45, 7) is 7.09. The Labute approximate surface area is 134 Å². The lowest BCUT2D eigenvalue weighted by atomic mass is 10.0. The summed E-state index contributed by atoms with van der Waals surface area (Å²) in [6.07, 6.45) is 19.3. The SMILES string of the molecule is CCCCCCCCCCCCCCCC[NH+]([O-])C(C)C. The highest BCUT2D eigenvalue weighted by Gasteiger charge is 2.01. The first-order valence-corrected chi connectivity index (χ1v) is 9.71. The molecule has 0 radical (unpaired) electrons. The fraction of sp³-hybridized carbons (Fsp3) is 1.00. The van der Waals surface area contributed by atoms with Crippen LogP contribution in [0.4, 0.5) is 0 Å². The Hall–Kier alpha value is -0.0800. The van der Waals surface area contributed by atoms with Gasteiger partial charge in [0.15, 0.2) is 0 Å². The predicted octanol–water partition coefficient (Wildman–Crippen LogP) is 5.26. The topological polar surface area (TPSA) is 27.5 Å². The van der Waals surface area contributed by atoms with Gasteiger partial charge in [-0.1, -0.05) is 84.0 Å². The molecule has 2 heteroatoms. The molecule has 0 saturated heterocycles. The number of nitrogens with one attached hydrogen (secondary N) is 1. The maximum absolute atomic E-state index is 11.5. The molecule has 0 bridgehead atoms. The Morgan fingerprint density at radius 2 is 0.952 bits per heavy atom. The molecule has 0 aromatic rings. The van der Waals surface area contributed by atoms with Crippen LogP contribution in [0.1, 0.15) is 111 Å². The quantitative estimate of drug-likeness (QED) is 0.305. The van der Waals surface area contributed by atoms with Crippen molar-refractivity contribution in [3.05, 3.63) is 5.21 Å². The maximum Gasteiger partial charge on any atom is 0.0814 e. The van der Waals surface area contributed by atoms with Crippen molar-refractivity contribution in [3.8, 4) is 0 Å². The van der Waals surface area contributed by atoms with E-state index in [0.29, 0.717) is 5.06 Å². The van der Waals surface area contributed by atoms with Crippen molar-refractivity contribution in [2.75, 3.05) is 6.54 Å². The second-order valence-corrected chi connectivity index (χ2v) is 6.97. The van der Waals surface area contributed by atoms with Gasteiger partial charge < -0.3 is 10.3 Å². The maximum atomic E-state index is 11.5. The monoisotopic (exact) mass is 299 g/mol. The van der Waals surface area contributed by atoms with Crippen molar-refractivity contribution >= 4 is 0 Å². The first-order chi connectivity index (χ1) is 10.2. The van der Waals surface area contributed by atoms with Crippen LogP contribution in [0.15, 0.2) is 0 Å². The van der Waals surface area contributed by atoms with Crippen LogP contribution in [0.25, 0.3) is 0 Å². The summed E-state index contributed by atoms with van der Waals surface area (Å²) in [5.74, 6) is 0. The highest BCUT2D eigenvalue weighted by Crippen LogP contribution is 2.12. The fourth-order valence-electron chi connectivity index (χ4n) is 2.78. The Morgan fingerprint density at radius 1 is 0.619 bits per heavy atom. The van der Waals surface area contributed by atoms with E-state index in [9.17, 15) is 5.21 Å². The largest absolute Gasteiger partial charge is 0.634 e. The average Bonchev–Trinajstić information content (AvgIpc) is 2.47. The van der Waals surface area contributed by atoms with Crippen LogP contribution in [0.3, 0.4) is 0 Å². The van der Waals surface area contributed by atoms with Crippen molar-refractivity contribution < 1.29 is 5.06 Å². The van der Waals surface area contributed by atoms with Gasteiger partial charge in [-0.25, -0.2) is 0 Å². The molecule has 0 fully saturated rings. The molecule has 0 amide bonds. The molecule has 0 rings (SSSR count). The van der Waals surface area contributed by atoms with E-state index >= 15 is 0 Å². The van der Waals surface area contributed by atoms with Gasteiger partial charge in [0.2, 0.25) is 0 Å². The Morgan fingerprint density at radius 3 is 1.29 bits per heavy atom. The van der Waals surface area contributed by atoms with E-state index < -0.39 is 0 Å². The minimum Gasteiger partial charge on any atom is -0.634 e. The molecule has 1 atom stereocenters. The normalized spacial score (nSPS) is 13.0. The summed E-state index contributed by atoms with van der Waals surface area (Å²) in [7, 11) is 0. The second kappa shape index (κ2) is 16.3. The summed E-state index contributed by atoms with van der Waals surface area (Å²) in [5.41, 5.74) is 0. The molecule has 0 aromatic carbocycles. The number of rotatable bonds is 16. The van der Waals surface area contributed by atoms with Crippen molar-refractivity contribution in [1.82, 2.24) is 0 Å². The summed E-state index contributed by atoms with van der Waals surface area (Å²) in [4.78, 5) is 0. The molecule has 0 aromatic heterocycles. The standard InChI is InChI=1S/C19H41NO/c1-4-5-6-7-8-9-10-11-12-13-14-15-16-17-18-20(21)19(2)3/h19-20H,4-18H2,1-3H3. The van der Waals surface area contributed by atoms with E-state index in [0.717, 1.165) is 13.0 Å². The van der Waals surface area contributed by atoms with Crippen LogP contribution < -0.4 is 5.06 Å². The highest BCUT2D eigenvalue weighted by atomic mass is 16.5. The molecule has 0 spiro atoms. The van der Waals surface area contributed by atoms with Gasteiger partial charge in [0, 0.05) is 0 Å². The van der Waals surface area contributed by atoms with Crippen LogP contribution >= 0.6 is 0 Å². The first-order valence-electron chi connectivity index (χ1n) is 9.71. The lowest BCUT2D eigenvalue weighted by Crippen LogP contribution is -3.10. The van der Waals surface area contributed by atoms with Gasteiger partial charge in [-0.3, -0.25) is 0 Å². The third kappa shape index (κ3) is 16.1. The summed E-state index contributed by atoms with van der Waals surface area (Å²) < 4.78 is 0. The van der Waals surface area contributed by atoms with Gasteiger partial charge in [0.1, 0.15) is 0 Å². The van der Waals surface area contributed by atoms with Crippen LogP contribution in [0, 0.1) is 5.21 Å². The first kappa shape index (κ1) is 20.9. The molecule has 0 aliphatic rings. The van der Waals surface area contributed by atoms with Crippen LogP contribution in [-0.4, -0.2) is 12.6 Å². The van der Waals surface area contributed by atoms with Crippen LogP contribution in [-0.2, 0) is 0 Å². The van der Waals surface area contributed by atoms with Gasteiger partial charge in [0.25, 0.3) is 0 Å². The van der Waals surface area contributed by atoms with E-state index in [1.807, 2.05) is 13.8 Å². The molecule has 1 N–H and O–H groups in total. The molecule has 1 unspecified atom stereocenters.